The van der Waals surface area contributed by atoms with Gasteiger partial charge in [-0.05, 0) is 63.7 Å². The second-order valence-electron chi connectivity index (χ2n) is 5.62. The molecule has 0 saturated heterocycles. The third-order valence-electron chi connectivity index (χ3n) is 4.15. The maximum atomic E-state index is 3.42. The van der Waals surface area contributed by atoms with Crippen LogP contribution in [0.25, 0.3) is 0 Å². The number of hydrogen-bond donors (Lipinski definition) is 1. The van der Waals surface area contributed by atoms with E-state index in [1.165, 1.54) is 44.3 Å². The molecule has 106 valence electrons. The fraction of sp³-hybridized carbons (Fsp3) is 0.647. The Morgan fingerprint density at radius 2 is 2.11 bits per heavy atom. The molecule has 0 amide bonds. The number of nitrogens with zero attached hydrogens (tertiary/aromatic N) is 1. The van der Waals surface area contributed by atoms with Crippen LogP contribution in [0.2, 0.25) is 0 Å². The van der Waals surface area contributed by atoms with E-state index in [1.807, 2.05) is 0 Å². The summed E-state index contributed by atoms with van der Waals surface area (Å²) in [4.78, 5) is 2.63. The Morgan fingerprint density at radius 1 is 1.26 bits per heavy atom. The van der Waals surface area contributed by atoms with E-state index >= 15 is 0 Å². The predicted molar refractivity (Wildman–Crippen MR) is 84.0 cm³/mol. The maximum Gasteiger partial charge on any atom is 0.0401 e. The topological polar surface area (TPSA) is 15.3 Å². The molecule has 0 aromatic heterocycles. The molecule has 1 atom stereocenters. The molecule has 1 aromatic rings. The van der Waals surface area contributed by atoms with Crippen LogP contribution in [0.1, 0.15) is 45.1 Å². The van der Waals surface area contributed by atoms with Crippen LogP contribution in [0.3, 0.4) is 0 Å². The van der Waals surface area contributed by atoms with Crippen molar-refractivity contribution in [1.29, 1.82) is 0 Å². The summed E-state index contributed by atoms with van der Waals surface area (Å²) >= 11 is 0. The molecule has 0 saturated carbocycles. The first-order chi connectivity index (χ1) is 9.33. The van der Waals surface area contributed by atoms with Crippen molar-refractivity contribution in [3.8, 4) is 0 Å². The molecule has 1 heterocycles. The Labute approximate surface area is 118 Å². The fourth-order valence-corrected chi connectivity index (χ4v) is 3.03. The van der Waals surface area contributed by atoms with Crippen molar-refractivity contribution in [3.05, 3.63) is 29.8 Å². The maximum absolute atomic E-state index is 3.42. The number of aryl methyl sites for hydroxylation is 1. The molecule has 2 heteroatoms. The minimum Gasteiger partial charge on any atom is -0.369 e. The first-order valence-electron chi connectivity index (χ1n) is 7.88. The monoisotopic (exact) mass is 260 g/mol. The zero-order chi connectivity index (χ0) is 13.5. The van der Waals surface area contributed by atoms with Gasteiger partial charge in [-0.1, -0.05) is 25.1 Å². The van der Waals surface area contributed by atoms with Gasteiger partial charge in [-0.15, -0.1) is 0 Å². The van der Waals surface area contributed by atoms with Crippen LogP contribution in [-0.2, 0) is 6.42 Å². The SMILES string of the molecule is CCNCCCC(C)N1CCCCc2ccccc21. The minimum atomic E-state index is 0.651. The van der Waals surface area contributed by atoms with Crippen molar-refractivity contribution < 1.29 is 0 Å². The van der Waals surface area contributed by atoms with Gasteiger partial charge in [0.25, 0.3) is 0 Å². The summed E-state index contributed by atoms with van der Waals surface area (Å²) in [6.45, 7) is 8.01. The lowest BCUT2D eigenvalue weighted by Gasteiger charge is -2.31. The van der Waals surface area contributed by atoms with Crippen LogP contribution in [0.5, 0.6) is 0 Å². The highest BCUT2D eigenvalue weighted by molar-refractivity contribution is 5.55. The van der Waals surface area contributed by atoms with Gasteiger partial charge in [0, 0.05) is 18.3 Å². The zero-order valence-corrected chi connectivity index (χ0v) is 12.5. The van der Waals surface area contributed by atoms with Crippen molar-refractivity contribution in [2.75, 3.05) is 24.5 Å². The number of hydrogen-bond acceptors (Lipinski definition) is 2. The van der Waals surface area contributed by atoms with Gasteiger partial charge < -0.3 is 10.2 Å². The third kappa shape index (κ3) is 3.97. The van der Waals surface area contributed by atoms with Gasteiger partial charge >= 0.3 is 0 Å². The Morgan fingerprint density at radius 3 is 2.95 bits per heavy atom. The van der Waals surface area contributed by atoms with E-state index in [4.69, 9.17) is 0 Å². The van der Waals surface area contributed by atoms with Crippen LogP contribution < -0.4 is 10.2 Å². The molecular formula is C17H28N2. The van der Waals surface area contributed by atoms with E-state index in [9.17, 15) is 0 Å². The van der Waals surface area contributed by atoms with E-state index in [0.29, 0.717) is 6.04 Å². The van der Waals surface area contributed by atoms with E-state index in [2.05, 4.69) is 48.3 Å². The van der Waals surface area contributed by atoms with Crippen LogP contribution in [-0.4, -0.2) is 25.7 Å². The Balaban J connectivity index is 1.98. The Hall–Kier alpha value is -1.02. The lowest BCUT2D eigenvalue weighted by Crippen LogP contribution is -2.34. The summed E-state index contributed by atoms with van der Waals surface area (Å²) in [6, 6.07) is 9.62. The van der Waals surface area contributed by atoms with Gasteiger partial charge in [0.15, 0.2) is 0 Å². The molecular weight excluding hydrogens is 232 g/mol. The van der Waals surface area contributed by atoms with Crippen molar-refractivity contribution in [3.63, 3.8) is 0 Å². The van der Waals surface area contributed by atoms with E-state index < -0.39 is 0 Å². The molecule has 1 unspecified atom stereocenters. The smallest absolute Gasteiger partial charge is 0.0401 e. The van der Waals surface area contributed by atoms with Gasteiger partial charge in [0.1, 0.15) is 0 Å². The van der Waals surface area contributed by atoms with Crippen molar-refractivity contribution in [2.24, 2.45) is 0 Å². The van der Waals surface area contributed by atoms with E-state index in [1.54, 1.807) is 5.56 Å². The Bertz CT molecular complexity index is 375. The molecule has 2 rings (SSSR count). The van der Waals surface area contributed by atoms with Crippen molar-refractivity contribution >= 4 is 5.69 Å². The molecule has 1 aliphatic rings. The number of nitrogens with one attached hydrogen (secondary N) is 1. The number of rotatable bonds is 6. The highest BCUT2D eigenvalue weighted by atomic mass is 15.2. The van der Waals surface area contributed by atoms with E-state index in [-0.39, 0.29) is 0 Å². The van der Waals surface area contributed by atoms with Gasteiger partial charge in [-0.2, -0.15) is 0 Å². The fourth-order valence-electron chi connectivity index (χ4n) is 3.03. The van der Waals surface area contributed by atoms with Gasteiger partial charge in [-0.3, -0.25) is 0 Å². The first-order valence-corrected chi connectivity index (χ1v) is 7.88. The van der Waals surface area contributed by atoms with Crippen molar-refractivity contribution in [2.45, 2.75) is 52.0 Å². The largest absolute Gasteiger partial charge is 0.369 e. The molecule has 0 spiro atoms. The highest BCUT2D eigenvalue weighted by Crippen LogP contribution is 2.28. The predicted octanol–water partition coefficient (Wildman–Crippen LogP) is 3.61. The lowest BCUT2D eigenvalue weighted by molar-refractivity contribution is 0.539. The normalized spacial score (nSPS) is 16.8. The first kappa shape index (κ1) is 14.4. The average Bonchev–Trinajstić information content (AvgIpc) is 2.66. The molecule has 1 aromatic carbocycles. The number of anilines is 1. The number of fused-ring (bicyclic) bond motifs is 1. The van der Waals surface area contributed by atoms with Gasteiger partial charge in [0.05, 0.1) is 0 Å². The number of benzene rings is 1. The summed E-state index contributed by atoms with van der Waals surface area (Å²) < 4.78 is 0. The standard InChI is InChI=1S/C17H28N2/c1-3-18-13-8-9-15(2)19-14-7-6-11-16-10-4-5-12-17(16)19/h4-5,10,12,15,18H,3,6-9,11,13-14H2,1-2H3. The summed E-state index contributed by atoms with van der Waals surface area (Å²) in [5, 5.41) is 3.42. The molecule has 2 nitrogen and oxygen atoms in total. The molecule has 19 heavy (non-hydrogen) atoms. The summed E-state index contributed by atoms with van der Waals surface area (Å²) in [5.74, 6) is 0. The molecule has 1 N–H and O–H groups in total. The highest BCUT2D eigenvalue weighted by Gasteiger charge is 2.19. The van der Waals surface area contributed by atoms with Gasteiger partial charge in [-0.25, -0.2) is 0 Å². The molecule has 1 aliphatic heterocycles. The average molecular weight is 260 g/mol. The molecule has 0 radical (unpaired) electrons. The molecule has 0 fully saturated rings. The quantitative estimate of drug-likeness (QED) is 0.786. The zero-order valence-electron chi connectivity index (χ0n) is 12.5. The second kappa shape index (κ2) is 7.54. The molecule has 0 aliphatic carbocycles. The van der Waals surface area contributed by atoms with Gasteiger partial charge in [0.2, 0.25) is 0 Å². The second-order valence-corrected chi connectivity index (χ2v) is 5.62. The van der Waals surface area contributed by atoms with Crippen LogP contribution in [0.4, 0.5) is 5.69 Å². The Kier molecular flexibility index (Phi) is 5.71. The summed E-state index contributed by atoms with van der Waals surface area (Å²) in [5.41, 5.74) is 3.02. The minimum absolute atomic E-state index is 0.651. The van der Waals surface area contributed by atoms with Crippen LogP contribution >= 0.6 is 0 Å². The summed E-state index contributed by atoms with van der Waals surface area (Å²) in [7, 11) is 0. The molecule has 0 bridgehead atoms. The van der Waals surface area contributed by atoms with Crippen molar-refractivity contribution in [1.82, 2.24) is 5.32 Å². The summed E-state index contributed by atoms with van der Waals surface area (Å²) in [6.07, 6.45) is 6.45. The lowest BCUT2D eigenvalue weighted by atomic mass is 10.1. The van der Waals surface area contributed by atoms with E-state index in [0.717, 1.165) is 13.1 Å². The third-order valence-corrected chi connectivity index (χ3v) is 4.15. The van der Waals surface area contributed by atoms with Crippen LogP contribution in [0, 0.1) is 0 Å². The van der Waals surface area contributed by atoms with Crippen LogP contribution in [0.15, 0.2) is 24.3 Å². The number of para-hydroxylation sites is 1.